The molecule has 0 aromatic carbocycles. The van der Waals surface area contributed by atoms with Crippen LogP contribution in [0.15, 0.2) is 18.5 Å². The molecule has 2 aromatic rings. The van der Waals surface area contributed by atoms with Crippen molar-refractivity contribution in [2.24, 2.45) is 0 Å². The minimum Gasteiger partial charge on any atom is -0.494 e. The second-order valence-corrected chi connectivity index (χ2v) is 8.17. The number of amides is 1. The molecule has 2 heterocycles. The van der Waals surface area contributed by atoms with E-state index in [1.165, 1.54) is 0 Å². The van der Waals surface area contributed by atoms with Crippen molar-refractivity contribution in [2.75, 3.05) is 12.8 Å². The van der Waals surface area contributed by atoms with E-state index in [1.54, 1.807) is 25.6 Å². The molecule has 29 heavy (non-hydrogen) atoms. The van der Waals surface area contributed by atoms with Crippen molar-refractivity contribution in [1.82, 2.24) is 20.5 Å². The predicted octanol–water partition coefficient (Wildman–Crippen LogP) is 3.28. The van der Waals surface area contributed by atoms with Gasteiger partial charge in [-0.1, -0.05) is 0 Å². The highest BCUT2D eigenvalue weighted by atomic mass is 16.6. The number of anilines is 1. The lowest BCUT2D eigenvalue weighted by Crippen LogP contribution is -2.43. The molecule has 1 aliphatic carbocycles. The Morgan fingerprint density at radius 3 is 2.69 bits per heavy atom. The molecule has 3 rings (SSSR count). The van der Waals surface area contributed by atoms with E-state index < -0.39 is 11.7 Å². The number of carbonyl (C=O) groups is 1. The van der Waals surface area contributed by atoms with Crippen molar-refractivity contribution in [3.63, 3.8) is 0 Å². The van der Waals surface area contributed by atoms with Crippen molar-refractivity contribution < 1.29 is 19.0 Å². The molecule has 4 N–H and O–H groups in total. The van der Waals surface area contributed by atoms with Gasteiger partial charge in [0.05, 0.1) is 30.8 Å². The Labute approximate surface area is 170 Å². The molecule has 1 amide bonds. The maximum Gasteiger partial charge on any atom is 0.407 e. The van der Waals surface area contributed by atoms with Gasteiger partial charge in [-0.05, 0) is 40.0 Å². The molecule has 2 atom stereocenters. The van der Waals surface area contributed by atoms with Gasteiger partial charge in [0, 0.05) is 18.5 Å². The molecule has 9 nitrogen and oxygen atoms in total. The van der Waals surface area contributed by atoms with Gasteiger partial charge in [0.15, 0.2) is 5.75 Å². The van der Waals surface area contributed by atoms with Crippen LogP contribution in [0.25, 0.3) is 11.3 Å². The minimum absolute atomic E-state index is 0.00610. The summed E-state index contributed by atoms with van der Waals surface area (Å²) in [5.41, 5.74) is 6.64. The average Bonchev–Trinajstić information content (AvgIpc) is 3.06. The highest BCUT2D eigenvalue weighted by molar-refractivity contribution is 5.74. The maximum atomic E-state index is 12.1. The largest absolute Gasteiger partial charge is 0.494 e. The number of nitrogens with zero attached hydrogens (tertiary/aromatic N) is 2. The third-order valence-corrected chi connectivity index (χ3v) is 4.60. The summed E-state index contributed by atoms with van der Waals surface area (Å²) in [5, 5.41) is 9.83. The fraction of sp³-hybridized carbons (Fsp3) is 0.550. The van der Waals surface area contributed by atoms with Gasteiger partial charge in [-0.15, -0.1) is 0 Å². The molecule has 2 aromatic heterocycles. The number of H-pyrrole nitrogens is 1. The summed E-state index contributed by atoms with van der Waals surface area (Å²) in [4.78, 5) is 16.3. The van der Waals surface area contributed by atoms with E-state index in [4.69, 9.17) is 19.9 Å². The Kier molecular flexibility index (Phi) is 6.14. The first-order valence-corrected chi connectivity index (χ1v) is 9.74. The number of hydrogen-bond acceptors (Lipinski definition) is 7. The topological polar surface area (TPSA) is 124 Å². The number of alkyl carbamates (subject to hydrolysis) is 1. The number of nitrogens with two attached hydrogens (primary N) is 1. The first-order valence-electron chi connectivity index (χ1n) is 9.74. The van der Waals surface area contributed by atoms with Crippen LogP contribution in [-0.4, -0.2) is 46.1 Å². The number of nitrogens with one attached hydrogen (secondary N) is 2. The van der Waals surface area contributed by atoms with Crippen molar-refractivity contribution in [1.29, 1.82) is 0 Å². The Morgan fingerprint density at radius 2 is 2.03 bits per heavy atom. The standard InChI is InChI=1S/C20H29N5O4/c1-20(2,3)29-19(26)23-12-6-5-7-13(8-12)28-16-11-22-10-15(27-4)18(16)14-9-17(21)25-24-14/h9-13H,5-8H2,1-4H3,(H,23,26)(H3,21,24,25)/t12-,13+/m0/s1. The van der Waals surface area contributed by atoms with Gasteiger partial charge in [0.1, 0.15) is 23.3 Å². The monoisotopic (exact) mass is 403 g/mol. The van der Waals surface area contributed by atoms with E-state index in [9.17, 15) is 4.79 Å². The Hall–Kier alpha value is -2.97. The van der Waals surface area contributed by atoms with Crippen LogP contribution in [-0.2, 0) is 4.74 Å². The van der Waals surface area contributed by atoms with Crippen molar-refractivity contribution in [3.05, 3.63) is 18.5 Å². The minimum atomic E-state index is -0.526. The normalized spacial score (nSPS) is 19.4. The number of aromatic amines is 1. The fourth-order valence-corrected chi connectivity index (χ4v) is 3.43. The van der Waals surface area contributed by atoms with Crippen LogP contribution in [0.4, 0.5) is 10.6 Å². The number of hydrogen-bond donors (Lipinski definition) is 3. The quantitative estimate of drug-likeness (QED) is 0.700. The molecule has 0 radical (unpaired) electrons. The van der Waals surface area contributed by atoms with Crippen molar-refractivity contribution in [2.45, 2.75) is 64.2 Å². The number of methoxy groups -OCH3 is 1. The molecule has 9 heteroatoms. The van der Waals surface area contributed by atoms with Crippen LogP contribution in [0, 0.1) is 0 Å². The van der Waals surface area contributed by atoms with E-state index >= 15 is 0 Å². The molecule has 0 unspecified atom stereocenters. The van der Waals surface area contributed by atoms with Gasteiger partial charge < -0.3 is 25.3 Å². The maximum absolute atomic E-state index is 12.1. The summed E-state index contributed by atoms with van der Waals surface area (Å²) < 4.78 is 17.1. The molecule has 0 aliphatic heterocycles. The van der Waals surface area contributed by atoms with Crippen LogP contribution in [0.3, 0.4) is 0 Å². The molecule has 1 aliphatic rings. The number of rotatable bonds is 5. The molecule has 0 spiro atoms. The van der Waals surface area contributed by atoms with E-state index in [-0.39, 0.29) is 12.1 Å². The van der Waals surface area contributed by atoms with E-state index in [0.717, 1.165) is 19.3 Å². The number of carbonyl (C=O) groups excluding carboxylic acids is 1. The van der Waals surface area contributed by atoms with Crippen molar-refractivity contribution >= 4 is 11.9 Å². The zero-order valence-electron chi connectivity index (χ0n) is 17.3. The zero-order valence-corrected chi connectivity index (χ0v) is 17.3. The first-order chi connectivity index (χ1) is 13.7. The van der Waals surface area contributed by atoms with Gasteiger partial charge in [-0.25, -0.2) is 4.79 Å². The van der Waals surface area contributed by atoms with Crippen LogP contribution in [0.1, 0.15) is 46.5 Å². The van der Waals surface area contributed by atoms with Gasteiger partial charge >= 0.3 is 6.09 Å². The van der Waals surface area contributed by atoms with Gasteiger partial charge in [-0.2, -0.15) is 5.10 Å². The van der Waals surface area contributed by atoms with Gasteiger partial charge in [0.25, 0.3) is 0 Å². The molecule has 0 bridgehead atoms. The van der Waals surface area contributed by atoms with Crippen LogP contribution < -0.4 is 20.5 Å². The summed E-state index contributed by atoms with van der Waals surface area (Å²) in [5.74, 6) is 1.52. The summed E-state index contributed by atoms with van der Waals surface area (Å²) >= 11 is 0. The van der Waals surface area contributed by atoms with E-state index in [2.05, 4.69) is 20.5 Å². The molecule has 0 saturated heterocycles. The Morgan fingerprint density at radius 1 is 1.28 bits per heavy atom. The molecule has 158 valence electrons. The Bertz CT molecular complexity index is 846. The van der Waals surface area contributed by atoms with Gasteiger partial charge in [-0.3, -0.25) is 10.1 Å². The summed E-state index contributed by atoms with van der Waals surface area (Å²) in [6, 6.07) is 1.71. The SMILES string of the molecule is COc1cncc(O[C@@H]2CCC[C@H](NC(=O)OC(C)(C)C)C2)c1-c1cc(N)n[nH]1. The second kappa shape index (κ2) is 8.59. The van der Waals surface area contributed by atoms with Crippen molar-refractivity contribution in [3.8, 4) is 22.8 Å². The molecule has 1 fully saturated rings. The highest BCUT2D eigenvalue weighted by Gasteiger charge is 2.28. The first kappa shape index (κ1) is 20.8. The number of ether oxygens (including phenoxy) is 3. The number of nitrogen functional groups attached to an aromatic ring is 1. The number of aromatic nitrogens is 3. The zero-order chi connectivity index (χ0) is 21.0. The number of pyridine rings is 1. The lowest BCUT2D eigenvalue weighted by Gasteiger charge is -2.31. The lowest BCUT2D eigenvalue weighted by molar-refractivity contribution is 0.0463. The average molecular weight is 403 g/mol. The summed E-state index contributed by atoms with van der Waals surface area (Å²) in [6.07, 6.45) is 6.19. The third kappa shape index (κ3) is 5.52. The van der Waals surface area contributed by atoms with E-state index in [0.29, 0.717) is 35.0 Å². The molecular weight excluding hydrogens is 374 g/mol. The lowest BCUT2D eigenvalue weighted by atomic mass is 9.93. The Balaban J connectivity index is 1.72. The van der Waals surface area contributed by atoms with E-state index in [1.807, 2.05) is 20.8 Å². The van der Waals surface area contributed by atoms with Crippen LogP contribution in [0.5, 0.6) is 11.5 Å². The molecule has 1 saturated carbocycles. The summed E-state index contributed by atoms with van der Waals surface area (Å²) in [6.45, 7) is 5.54. The highest BCUT2D eigenvalue weighted by Crippen LogP contribution is 2.38. The third-order valence-electron chi connectivity index (χ3n) is 4.60. The van der Waals surface area contributed by atoms with Crippen LogP contribution in [0.2, 0.25) is 0 Å². The molecular formula is C20H29N5O4. The summed E-state index contributed by atoms with van der Waals surface area (Å²) in [7, 11) is 1.57. The second-order valence-electron chi connectivity index (χ2n) is 8.17. The smallest absolute Gasteiger partial charge is 0.407 e. The van der Waals surface area contributed by atoms with Crippen LogP contribution >= 0.6 is 0 Å². The fourth-order valence-electron chi connectivity index (χ4n) is 3.43. The predicted molar refractivity (Wildman–Crippen MR) is 109 cm³/mol. The van der Waals surface area contributed by atoms with Gasteiger partial charge in [0.2, 0.25) is 0 Å².